The molecule has 1 N–H and O–H groups in total. The lowest BCUT2D eigenvalue weighted by Gasteiger charge is -2.26. The van der Waals surface area contributed by atoms with Crippen LogP contribution in [0.4, 0.5) is 10.1 Å². The molecule has 1 heterocycles. The molecular formula is C10H9FN2O4. The first kappa shape index (κ1) is 11.5. The quantitative estimate of drug-likeness (QED) is 0.627. The van der Waals surface area contributed by atoms with Crippen molar-refractivity contribution in [3.05, 3.63) is 39.7 Å². The number of halogens is 1. The van der Waals surface area contributed by atoms with Crippen LogP contribution in [0.15, 0.2) is 18.2 Å². The van der Waals surface area contributed by atoms with Gasteiger partial charge < -0.3 is 10.1 Å². The SMILES string of the molecule is O=C(NC1COC1)c1ccc(F)c([N+](=O)[O-])c1. The van der Waals surface area contributed by atoms with E-state index in [0.717, 1.165) is 12.1 Å². The minimum Gasteiger partial charge on any atom is -0.377 e. The number of amides is 1. The summed E-state index contributed by atoms with van der Waals surface area (Å²) in [4.78, 5) is 21.3. The Bertz CT molecular complexity index is 473. The summed E-state index contributed by atoms with van der Waals surface area (Å²) in [7, 11) is 0. The molecule has 0 aromatic heterocycles. The number of rotatable bonds is 3. The summed E-state index contributed by atoms with van der Waals surface area (Å²) in [6, 6.07) is 2.96. The van der Waals surface area contributed by atoms with Gasteiger partial charge in [-0.05, 0) is 12.1 Å². The number of carbonyl (C=O) groups excluding carboxylic acids is 1. The first-order valence-electron chi connectivity index (χ1n) is 4.90. The van der Waals surface area contributed by atoms with Crippen LogP contribution in [0, 0.1) is 15.9 Å². The maximum Gasteiger partial charge on any atom is 0.305 e. The van der Waals surface area contributed by atoms with Crippen molar-refractivity contribution in [3.63, 3.8) is 0 Å². The van der Waals surface area contributed by atoms with E-state index in [1.165, 1.54) is 6.07 Å². The molecule has 1 aromatic carbocycles. The van der Waals surface area contributed by atoms with Crippen LogP contribution in [0.5, 0.6) is 0 Å². The molecule has 1 amide bonds. The van der Waals surface area contributed by atoms with Crippen LogP contribution in [0.2, 0.25) is 0 Å². The van der Waals surface area contributed by atoms with E-state index >= 15 is 0 Å². The molecule has 0 atom stereocenters. The van der Waals surface area contributed by atoms with Crippen molar-refractivity contribution < 1.29 is 18.8 Å². The van der Waals surface area contributed by atoms with E-state index in [1.807, 2.05) is 0 Å². The molecule has 90 valence electrons. The lowest BCUT2D eigenvalue weighted by Crippen LogP contribution is -2.48. The van der Waals surface area contributed by atoms with Crippen LogP contribution in [0.3, 0.4) is 0 Å². The molecule has 17 heavy (non-hydrogen) atoms. The summed E-state index contributed by atoms with van der Waals surface area (Å²) < 4.78 is 17.9. The van der Waals surface area contributed by atoms with Gasteiger partial charge in [-0.1, -0.05) is 0 Å². The van der Waals surface area contributed by atoms with Gasteiger partial charge in [0.1, 0.15) is 0 Å². The molecule has 0 saturated carbocycles. The standard InChI is InChI=1S/C10H9FN2O4/c11-8-2-1-6(3-9(8)13(15)16)10(14)12-7-4-17-5-7/h1-3,7H,4-5H2,(H,12,14). The summed E-state index contributed by atoms with van der Waals surface area (Å²) >= 11 is 0. The molecular weight excluding hydrogens is 231 g/mol. The first-order valence-corrected chi connectivity index (χ1v) is 4.90. The summed E-state index contributed by atoms with van der Waals surface area (Å²) in [6.45, 7) is 0.851. The van der Waals surface area contributed by atoms with Gasteiger partial charge in [-0.15, -0.1) is 0 Å². The van der Waals surface area contributed by atoms with E-state index in [0.29, 0.717) is 13.2 Å². The fourth-order valence-corrected chi connectivity index (χ4v) is 1.38. The number of nitrogens with zero attached hydrogens (tertiary/aromatic N) is 1. The topological polar surface area (TPSA) is 81.5 Å². The number of nitro groups is 1. The van der Waals surface area contributed by atoms with Crippen molar-refractivity contribution in [3.8, 4) is 0 Å². The van der Waals surface area contributed by atoms with E-state index in [4.69, 9.17) is 4.74 Å². The Morgan fingerprint density at radius 2 is 2.24 bits per heavy atom. The zero-order valence-electron chi connectivity index (χ0n) is 8.68. The lowest BCUT2D eigenvalue weighted by molar-refractivity contribution is -0.387. The van der Waals surface area contributed by atoms with Gasteiger partial charge in [-0.25, -0.2) is 0 Å². The molecule has 0 bridgehead atoms. The smallest absolute Gasteiger partial charge is 0.305 e. The second kappa shape index (κ2) is 4.46. The molecule has 1 aliphatic rings. The predicted octanol–water partition coefficient (Wildman–Crippen LogP) is 0.862. The van der Waals surface area contributed by atoms with Crippen LogP contribution in [-0.2, 0) is 4.74 Å². The molecule has 1 saturated heterocycles. The van der Waals surface area contributed by atoms with Crippen LogP contribution < -0.4 is 5.32 Å². The minimum atomic E-state index is -0.960. The van der Waals surface area contributed by atoms with Crippen LogP contribution in [-0.4, -0.2) is 30.1 Å². The molecule has 7 heteroatoms. The Kier molecular flexibility index (Phi) is 3.01. The lowest BCUT2D eigenvalue weighted by atomic mass is 10.1. The van der Waals surface area contributed by atoms with E-state index in [9.17, 15) is 19.3 Å². The predicted molar refractivity (Wildman–Crippen MR) is 55.1 cm³/mol. The Labute approximate surface area is 95.5 Å². The highest BCUT2D eigenvalue weighted by atomic mass is 19.1. The van der Waals surface area contributed by atoms with Gasteiger partial charge in [-0.2, -0.15) is 4.39 Å². The highest BCUT2D eigenvalue weighted by molar-refractivity contribution is 5.95. The Balaban J connectivity index is 2.17. The third kappa shape index (κ3) is 2.39. The van der Waals surface area contributed by atoms with E-state index in [2.05, 4.69) is 5.32 Å². The molecule has 0 radical (unpaired) electrons. The molecule has 1 aromatic rings. The number of benzene rings is 1. The monoisotopic (exact) mass is 240 g/mol. The number of hydrogen-bond acceptors (Lipinski definition) is 4. The average molecular weight is 240 g/mol. The van der Waals surface area contributed by atoms with Crippen molar-refractivity contribution in [2.45, 2.75) is 6.04 Å². The average Bonchev–Trinajstić information content (AvgIpc) is 2.23. The second-order valence-corrected chi connectivity index (χ2v) is 3.63. The zero-order chi connectivity index (χ0) is 12.4. The third-order valence-corrected chi connectivity index (χ3v) is 2.38. The zero-order valence-corrected chi connectivity index (χ0v) is 8.68. The highest BCUT2D eigenvalue weighted by Crippen LogP contribution is 2.18. The van der Waals surface area contributed by atoms with Gasteiger partial charge in [0.15, 0.2) is 0 Å². The number of hydrogen-bond donors (Lipinski definition) is 1. The largest absolute Gasteiger partial charge is 0.377 e. The third-order valence-electron chi connectivity index (χ3n) is 2.38. The summed E-state index contributed by atoms with van der Waals surface area (Å²) in [6.07, 6.45) is 0. The molecule has 0 aliphatic carbocycles. The fraction of sp³-hybridized carbons (Fsp3) is 0.300. The number of ether oxygens (including phenoxy) is 1. The molecule has 1 aliphatic heterocycles. The van der Waals surface area contributed by atoms with Crippen molar-refractivity contribution in [1.82, 2.24) is 5.32 Å². The second-order valence-electron chi connectivity index (χ2n) is 3.63. The summed E-state index contributed by atoms with van der Waals surface area (Å²) in [5.41, 5.74) is -0.646. The molecule has 2 rings (SSSR count). The van der Waals surface area contributed by atoms with Gasteiger partial charge in [0, 0.05) is 11.6 Å². The maximum absolute atomic E-state index is 13.0. The van der Waals surface area contributed by atoms with Crippen molar-refractivity contribution in [2.75, 3.05) is 13.2 Å². The van der Waals surface area contributed by atoms with E-state index in [-0.39, 0.29) is 11.6 Å². The van der Waals surface area contributed by atoms with Gasteiger partial charge in [0.2, 0.25) is 5.82 Å². The summed E-state index contributed by atoms with van der Waals surface area (Å²) in [5.74, 6) is -1.43. The van der Waals surface area contributed by atoms with Gasteiger partial charge in [0.05, 0.1) is 24.2 Å². The number of carbonyl (C=O) groups is 1. The van der Waals surface area contributed by atoms with E-state index < -0.39 is 22.3 Å². The van der Waals surface area contributed by atoms with Crippen molar-refractivity contribution >= 4 is 11.6 Å². The maximum atomic E-state index is 13.0. The van der Waals surface area contributed by atoms with Gasteiger partial charge >= 0.3 is 5.69 Å². The summed E-state index contributed by atoms with van der Waals surface area (Å²) in [5, 5.41) is 13.1. The molecule has 0 unspecified atom stereocenters. The molecule has 6 nitrogen and oxygen atoms in total. The van der Waals surface area contributed by atoms with Crippen molar-refractivity contribution in [1.29, 1.82) is 0 Å². The van der Waals surface area contributed by atoms with Crippen LogP contribution >= 0.6 is 0 Å². The Morgan fingerprint density at radius 1 is 1.53 bits per heavy atom. The molecule has 0 spiro atoms. The van der Waals surface area contributed by atoms with Crippen LogP contribution in [0.25, 0.3) is 0 Å². The normalized spacial score (nSPS) is 15.1. The molecule has 1 fully saturated rings. The van der Waals surface area contributed by atoms with Crippen molar-refractivity contribution in [2.24, 2.45) is 0 Å². The highest BCUT2D eigenvalue weighted by Gasteiger charge is 2.23. The van der Waals surface area contributed by atoms with Gasteiger partial charge in [-0.3, -0.25) is 14.9 Å². The minimum absolute atomic E-state index is 0.0602. The first-order chi connectivity index (χ1) is 8.08. The fourth-order valence-electron chi connectivity index (χ4n) is 1.38. The number of nitrogens with one attached hydrogen (secondary N) is 1. The number of nitro benzene ring substituents is 1. The van der Waals surface area contributed by atoms with Crippen LogP contribution in [0.1, 0.15) is 10.4 Å². The van der Waals surface area contributed by atoms with Gasteiger partial charge in [0.25, 0.3) is 5.91 Å². The Hall–Kier alpha value is -2.02. The van der Waals surface area contributed by atoms with E-state index in [1.54, 1.807) is 0 Å². The Morgan fingerprint density at radius 3 is 2.76 bits per heavy atom.